The Morgan fingerprint density at radius 1 is 1.00 bits per heavy atom. The normalized spacial score (nSPS) is 12.6. The molecule has 10 heteroatoms. The molecule has 0 aliphatic carbocycles. The minimum atomic E-state index is -4.12. The van der Waals surface area contributed by atoms with Crippen LogP contribution in [-0.2, 0) is 21.2 Å². The van der Waals surface area contributed by atoms with E-state index < -0.39 is 15.7 Å². The predicted octanol–water partition coefficient (Wildman–Crippen LogP) is 3.17. The maximum absolute atomic E-state index is 14.0. The van der Waals surface area contributed by atoms with E-state index in [9.17, 15) is 17.6 Å². The van der Waals surface area contributed by atoms with E-state index in [0.29, 0.717) is 30.5 Å². The van der Waals surface area contributed by atoms with Crippen LogP contribution in [0.25, 0.3) is 0 Å². The molecule has 178 valence electrons. The van der Waals surface area contributed by atoms with E-state index in [2.05, 4.69) is 10.6 Å². The molecule has 1 aliphatic heterocycles. The summed E-state index contributed by atoms with van der Waals surface area (Å²) in [5, 5.41) is 5.55. The Morgan fingerprint density at radius 2 is 1.74 bits per heavy atom. The van der Waals surface area contributed by atoms with Gasteiger partial charge in [-0.05, 0) is 48.0 Å². The molecule has 2 N–H and O–H groups in total. The van der Waals surface area contributed by atoms with E-state index in [-0.39, 0.29) is 34.5 Å². The molecule has 0 aromatic heterocycles. The number of hydrogen-bond acceptors (Lipinski definition) is 7. The van der Waals surface area contributed by atoms with Crippen LogP contribution >= 0.6 is 0 Å². The lowest BCUT2D eigenvalue weighted by molar-refractivity contribution is -0.119. The number of nitrogens with one attached hydrogen (secondary N) is 2. The summed E-state index contributed by atoms with van der Waals surface area (Å²) < 4.78 is 56.6. The zero-order valence-electron chi connectivity index (χ0n) is 18.3. The number of fused-ring (bicyclic) bond motifs is 1. The average Bonchev–Trinajstić information content (AvgIpc) is 2.86. The molecule has 3 aromatic carbocycles. The van der Waals surface area contributed by atoms with Crippen LogP contribution in [-0.4, -0.2) is 41.2 Å². The number of rotatable bonds is 8. The smallest absolute Gasteiger partial charge is 0.239 e. The third-order valence-electron chi connectivity index (χ3n) is 5.15. The number of carbonyl (C=O) groups excluding carboxylic acids is 1. The third-order valence-corrected chi connectivity index (χ3v) is 6.94. The molecule has 4 rings (SSSR count). The number of carbonyl (C=O) groups is 1. The summed E-state index contributed by atoms with van der Waals surface area (Å²) >= 11 is 0. The SMILES string of the molecule is COc1ccc(CNC(=O)CNc2ccc(F)cc2S(=O)(=O)c2ccc3c(c2)OCCO3)cc1. The summed E-state index contributed by atoms with van der Waals surface area (Å²) in [5.74, 6) is 0.376. The Hall–Kier alpha value is -3.79. The van der Waals surface area contributed by atoms with E-state index in [1.54, 1.807) is 19.2 Å². The van der Waals surface area contributed by atoms with Gasteiger partial charge >= 0.3 is 0 Å². The standard InChI is InChI=1S/C24H23FN2O6S/c1-31-18-5-2-16(3-6-18)14-27-24(28)15-26-20-8-4-17(25)12-23(20)34(29,30)19-7-9-21-22(13-19)33-11-10-32-21/h2-9,12-13,26H,10-11,14-15H2,1H3,(H,27,28). The maximum atomic E-state index is 14.0. The van der Waals surface area contributed by atoms with Gasteiger partial charge in [0.15, 0.2) is 11.5 Å². The van der Waals surface area contributed by atoms with Gasteiger partial charge in [-0.3, -0.25) is 4.79 Å². The average molecular weight is 487 g/mol. The lowest BCUT2D eigenvalue weighted by atomic mass is 10.2. The molecule has 1 amide bonds. The lowest BCUT2D eigenvalue weighted by Gasteiger charge is -2.19. The fourth-order valence-corrected chi connectivity index (χ4v) is 4.83. The predicted molar refractivity (Wildman–Crippen MR) is 123 cm³/mol. The number of ether oxygens (including phenoxy) is 3. The third kappa shape index (κ3) is 5.23. The van der Waals surface area contributed by atoms with Crippen LogP contribution in [0.1, 0.15) is 5.56 Å². The molecular formula is C24H23FN2O6S. The summed E-state index contributed by atoms with van der Waals surface area (Å²) in [4.78, 5) is 12.0. The maximum Gasteiger partial charge on any atom is 0.239 e. The highest BCUT2D eigenvalue weighted by Gasteiger charge is 2.25. The van der Waals surface area contributed by atoms with Crippen molar-refractivity contribution in [3.05, 3.63) is 72.0 Å². The number of benzene rings is 3. The summed E-state index contributed by atoms with van der Waals surface area (Å²) in [6, 6.07) is 14.8. The number of amides is 1. The highest BCUT2D eigenvalue weighted by molar-refractivity contribution is 7.91. The lowest BCUT2D eigenvalue weighted by Crippen LogP contribution is -2.29. The Labute approximate surface area is 196 Å². The number of sulfone groups is 1. The van der Waals surface area contributed by atoms with Crippen molar-refractivity contribution in [2.75, 3.05) is 32.2 Å². The highest BCUT2D eigenvalue weighted by atomic mass is 32.2. The van der Waals surface area contributed by atoms with E-state index in [1.165, 1.54) is 24.3 Å². The first-order valence-corrected chi connectivity index (χ1v) is 11.9. The summed E-state index contributed by atoms with van der Waals surface area (Å²) in [6.07, 6.45) is 0. The van der Waals surface area contributed by atoms with Crippen molar-refractivity contribution in [2.45, 2.75) is 16.3 Å². The molecular weight excluding hydrogens is 463 g/mol. The first kappa shape index (κ1) is 23.4. The molecule has 3 aromatic rings. The molecule has 0 atom stereocenters. The molecule has 34 heavy (non-hydrogen) atoms. The number of methoxy groups -OCH3 is 1. The van der Waals surface area contributed by atoms with Crippen LogP contribution in [0.2, 0.25) is 0 Å². The zero-order chi connectivity index (χ0) is 24.1. The van der Waals surface area contributed by atoms with Crippen molar-refractivity contribution in [1.29, 1.82) is 0 Å². The largest absolute Gasteiger partial charge is 0.497 e. The van der Waals surface area contributed by atoms with E-state index >= 15 is 0 Å². The summed E-state index contributed by atoms with van der Waals surface area (Å²) in [6.45, 7) is 0.758. The quantitative estimate of drug-likeness (QED) is 0.504. The van der Waals surface area contributed by atoms with Gasteiger partial charge in [0.25, 0.3) is 0 Å². The van der Waals surface area contributed by atoms with Crippen molar-refractivity contribution in [1.82, 2.24) is 5.32 Å². The van der Waals surface area contributed by atoms with Gasteiger partial charge in [0.1, 0.15) is 24.8 Å². The summed E-state index contributed by atoms with van der Waals surface area (Å²) in [5.41, 5.74) is 0.980. The Morgan fingerprint density at radius 3 is 2.47 bits per heavy atom. The molecule has 0 saturated carbocycles. The van der Waals surface area contributed by atoms with E-state index in [1.807, 2.05) is 12.1 Å². The van der Waals surface area contributed by atoms with E-state index in [4.69, 9.17) is 14.2 Å². The van der Waals surface area contributed by atoms with Gasteiger partial charge in [0.2, 0.25) is 15.7 Å². The second-order valence-corrected chi connectivity index (χ2v) is 9.35. The monoisotopic (exact) mass is 486 g/mol. The molecule has 0 unspecified atom stereocenters. The van der Waals surface area contributed by atoms with Gasteiger partial charge in [-0.15, -0.1) is 0 Å². The van der Waals surface area contributed by atoms with Crippen molar-refractivity contribution in [2.24, 2.45) is 0 Å². The highest BCUT2D eigenvalue weighted by Crippen LogP contribution is 2.36. The Bertz CT molecular complexity index is 1300. The molecule has 0 radical (unpaired) electrons. The first-order valence-electron chi connectivity index (χ1n) is 10.4. The second kappa shape index (κ2) is 10.0. The van der Waals surface area contributed by atoms with Crippen LogP contribution < -0.4 is 24.8 Å². The molecule has 0 bridgehead atoms. The van der Waals surface area contributed by atoms with Crippen LogP contribution in [0.15, 0.2) is 70.5 Å². The van der Waals surface area contributed by atoms with Gasteiger partial charge in [-0.25, -0.2) is 12.8 Å². The minimum Gasteiger partial charge on any atom is -0.497 e. The van der Waals surface area contributed by atoms with Crippen LogP contribution in [0.5, 0.6) is 17.2 Å². The molecule has 1 aliphatic rings. The van der Waals surface area contributed by atoms with Gasteiger partial charge in [0.05, 0.1) is 29.1 Å². The number of anilines is 1. The van der Waals surface area contributed by atoms with Gasteiger partial charge in [-0.1, -0.05) is 12.1 Å². The zero-order valence-corrected chi connectivity index (χ0v) is 19.2. The van der Waals surface area contributed by atoms with Crippen molar-refractivity contribution < 1.29 is 31.8 Å². The Kier molecular flexibility index (Phi) is 6.87. The molecule has 1 heterocycles. The van der Waals surface area contributed by atoms with E-state index in [0.717, 1.165) is 17.7 Å². The number of halogens is 1. The topological polar surface area (TPSA) is 103 Å². The first-order chi connectivity index (χ1) is 16.4. The molecule has 0 spiro atoms. The van der Waals surface area contributed by atoms with Crippen LogP contribution in [0, 0.1) is 5.82 Å². The number of hydrogen-bond donors (Lipinski definition) is 2. The Balaban J connectivity index is 1.47. The van der Waals surface area contributed by atoms with Gasteiger partial charge in [0, 0.05) is 12.6 Å². The van der Waals surface area contributed by atoms with Crippen molar-refractivity contribution >= 4 is 21.4 Å². The fraction of sp³-hybridized carbons (Fsp3) is 0.208. The minimum absolute atomic E-state index is 0.0747. The van der Waals surface area contributed by atoms with Gasteiger partial charge < -0.3 is 24.8 Å². The molecule has 8 nitrogen and oxygen atoms in total. The van der Waals surface area contributed by atoms with Crippen LogP contribution in [0.3, 0.4) is 0 Å². The van der Waals surface area contributed by atoms with Gasteiger partial charge in [-0.2, -0.15) is 0 Å². The summed E-state index contributed by atoms with van der Waals surface area (Å²) in [7, 11) is -2.55. The second-order valence-electron chi connectivity index (χ2n) is 7.43. The molecule has 0 fully saturated rings. The fourth-order valence-electron chi connectivity index (χ4n) is 3.36. The van der Waals surface area contributed by atoms with Crippen LogP contribution in [0.4, 0.5) is 10.1 Å². The van der Waals surface area contributed by atoms with Crippen molar-refractivity contribution in [3.63, 3.8) is 0 Å². The molecule has 0 saturated heterocycles. The van der Waals surface area contributed by atoms with Crippen molar-refractivity contribution in [3.8, 4) is 17.2 Å².